The summed E-state index contributed by atoms with van der Waals surface area (Å²) in [6.45, 7) is 6.31. The van der Waals surface area contributed by atoms with Gasteiger partial charge in [0.15, 0.2) is 0 Å². The zero-order valence-corrected chi connectivity index (χ0v) is 15.6. The Hall–Kier alpha value is -1.73. The van der Waals surface area contributed by atoms with Crippen molar-refractivity contribution in [1.82, 2.24) is 5.32 Å². The Balaban J connectivity index is 2.98. The lowest BCUT2D eigenvalue weighted by Crippen LogP contribution is -2.30. The van der Waals surface area contributed by atoms with E-state index in [2.05, 4.69) is 19.2 Å². The van der Waals surface area contributed by atoms with Crippen molar-refractivity contribution in [2.75, 3.05) is 6.54 Å². The summed E-state index contributed by atoms with van der Waals surface area (Å²) in [6, 6.07) is 0.917. The van der Waals surface area contributed by atoms with E-state index in [1.807, 2.05) is 6.92 Å². The number of carbonyl (C=O) groups is 1. The standard InChI is InChI=1S/C19H25F6NO/c1-4-5-13(7-6-12(2)3)11-26-17(27)14-8-15(18(20,21)22)10-16(9-14)19(23,24)25/h8-10,12-13H,4-7,11H2,1-3H3,(H,26,27). The zero-order valence-electron chi connectivity index (χ0n) is 15.6. The highest BCUT2D eigenvalue weighted by atomic mass is 19.4. The molecule has 0 radical (unpaired) electrons. The van der Waals surface area contributed by atoms with Crippen LogP contribution in [0.4, 0.5) is 26.3 Å². The maximum absolute atomic E-state index is 12.9. The number of carbonyl (C=O) groups excluding carboxylic acids is 1. The van der Waals surface area contributed by atoms with Crippen molar-refractivity contribution in [2.45, 2.75) is 58.8 Å². The van der Waals surface area contributed by atoms with E-state index in [9.17, 15) is 31.1 Å². The molecule has 0 spiro atoms. The fraction of sp³-hybridized carbons (Fsp3) is 0.632. The molecule has 0 aliphatic heterocycles. The number of halogens is 6. The lowest BCUT2D eigenvalue weighted by Gasteiger charge is -2.19. The number of nitrogens with one attached hydrogen (secondary N) is 1. The average Bonchev–Trinajstić information content (AvgIpc) is 2.55. The highest BCUT2D eigenvalue weighted by Crippen LogP contribution is 2.36. The summed E-state index contributed by atoms with van der Waals surface area (Å²) < 4.78 is 77.3. The minimum absolute atomic E-state index is 0.0132. The summed E-state index contributed by atoms with van der Waals surface area (Å²) in [4.78, 5) is 12.2. The van der Waals surface area contributed by atoms with Gasteiger partial charge in [-0.3, -0.25) is 4.79 Å². The lowest BCUT2D eigenvalue weighted by molar-refractivity contribution is -0.143. The maximum atomic E-state index is 12.9. The van der Waals surface area contributed by atoms with Gasteiger partial charge >= 0.3 is 12.4 Å². The molecule has 0 fully saturated rings. The summed E-state index contributed by atoms with van der Waals surface area (Å²) in [7, 11) is 0. The Bertz CT molecular complexity index is 589. The highest BCUT2D eigenvalue weighted by Gasteiger charge is 2.37. The Morgan fingerprint density at radius 2 is 1.44 bits per heavy atom. The van der Waals surface area contributed by atoms with Gasteiger partial charge in [0, 0.05) is 12.1 Å². The van der Waals surface area contributed by atoms with Crippen LogP contribution < -0.4 is 5.32 Å². The molecule has 1 amide bonds. The second kappa shape index (κ2) is 9.46. The molecule has 0 saturated heterocycles. The van der Waals surface area contributed by atoms with Crippen molar-refractivity contribution in [3.63, 3.8) is 0 Å². The third kappa shape index (κ3) is 7.81. The molecule has 1 atom stereocenters. The number of alkyl halides is 6. The predicted octanol–water partition coefficient (Wildman–Crippen LogP) is 6.31. The summed E-state index contributed by atoms with van der Waals surface area (Å²) in [5.41, 5.74) is -3.63. The first kappa shape index (κ1) is 23.3. The molecule has 8 heteroatoms. The smallest absolute Gasteiger partial charge is 0.352 e. The molecule has 1 N–H and O–H groups in total. The van der Waals surface area contributed by atoms with Crippen molar-refractivity contribution in [2.24, 2.45) is 11.8 Å². The minimum Gasteiger partial charge on any atom is -0.352 e. The molecular weight excluding hydrogens is 372 g/mol. The minimum atomic E-state index is -4.97. The Morgan fingerprint density at radius 3 is 1.85 bits per heavy atom. The Morgan fingerprint density at radius 1 is 0.926 bits per heavy atom. The monoisotopic (exact) mass is 397 g/mol. The largest absolute Gasteiger partial charge is 0.416 e. The molecule has 0 saturated carbocycles. The molecule has 0 bridgehead atoms. The quantitative estimate of drug-likeness (QED) is 0.512. The van der Waals surface area contributed by atoms with Gasteiger partial charge in [-0.15, -0.1) is 0 Å². The SMILES string of the molecule is CCCC(CCC(C)C)CNC(=O)c1cc(C(F)(F)F)cc(C(F)(F)F)c1. The van der Waals surface area contributed by atoms with E-state index in [0.717, 1.165) is 25.7 Å². The second-order valence-corrected chi connectivity index (χ2v) is 7.13. The van der Waals surface area contributed by atoms with Crippen LogP contribution in [0.15, 0.2) is 18.2 Å². The van der Waals surface area contributed by atoms with Gasteiger partial charge in [-0.05, 0) is 42.9 Å². The molecule has 1 unspecified atom stereocenters. The summed E-state index contributed by atoms with van der Waals surface area (Å²) in [5, 5.41) is 2.49. The summed E-state index contributed by atoms with van der Waals surface area (Å²) >= 11 is 0. The molecule has 0 aliphatic rings. The van der Waals surface area contributed by atoms with Crippen LogP contribution in [-0.4, -0.2) is 12.5 Å². The molecule has 0 aromatic heterocycles. The Labute approximate surface area is 155 Å². The molecule has 1 rings (SSSR count). The van der Waals surface area contributed by atoms with Gasteiger partial charge in [-0.2, -0.15) is 26.3 Å². The number of hydrogen-bond donors (Lipinski definition) is 1. The van der Waals surface area contributed by atoms with Gasteiger partial charge in [0.2, 0.25) is 0 Å². The van der Waals surface area contributed by atoms with E-state index in [0.29, 0.717) is 18.1 Å². The van der Waals surface area contributed by atoms with Crippen LogP contribution in [0.1, 0.15) is 67.9 Å². The zero-order chi connectivity index (χ0) is 20.8. The topological polar surface area (TPSA) is 29.1 Å². The molecule has 1 aromatic rings. The molecule has 2 nitrogen and oxygen atoms in total. The van der Waals surface area contributed by atoms with Gasteiger partial charge in [0.25, 0.3) is 5.91 Å². The number of rotatable bonds is 8. The number of hydrogen-bond acceptors (Lipinski definition) is 1. The molecule has 27 heavy (non-hydrogen) atoms. The van der Waals surface area contributed by atoms with Crippen molar-refractivity contribution in [3.05, 3.63) is 34.9 Å². The first-order valence-electron chi connectivity index (χ1n) is 8.92. The second-order valence-electron chi connectivity index (χ2n) is 7.13. The van der Waals surface area contributed by atoms with Gasteiger partial charge in [-0.25, -0.2) is 0 Å². The van der Waals surface area contributed by atoms with Crippen LogP contribution in [-0.2, 0) is 12.4 Å². The number of amides is 1. The van der Waals surface area contributed by atoms with Gasteiger partial charge < -0.3 is 5.32 Å². The number of benzene rings is 1. The fourth-order valence-electron chi connectivity index (χ4n) is 2.75. The first-order valence-corrected chi connectivity index (χ1v) is 8.92. The summed E-state index contributed by atoms with van der Waals surface area (Å²) in [6.07, 6.45) is -6.48. The normalized spacial score (nSPS) is 13.7. The van der Waals surface area contributed by atoms with Crippen LogP contribution in [0.5, 0.6) is 0 Å². The molecule has 154 valence electrons. The van der Waals surface area contributed by atoms with E-state index >= 15 is 0 Å². The van der Waals surface area contributed by atoms with Gasteiger partial charge in [0.1, 0.15) is 0 Å². The summed E-state index contributed by atoms with van der Waals surface area (Å²) in [5.74, 6) is -0.329. The van der Waals surface area contributed by atoms with E-state index in [1.54, 1.807) is 0 Å². The van der Waals surface area contributed by atoms with Gasteiger partial charge in [0.05, 0.1) is 11.1 Å². The lowest BCUT2D eigenvalue weighted by atomic mass is 9.94. The van der Waals surface area contributed by atoms with Crippen molar-refractivity contribution >= 4 is 5.91 Å². The molecule has 1 aromatic carbocycles. The van der Waals surface area contributed by atoms with Crippen molar-refractivity contribution in [1.29, 1.82) is 0 Å². The highest BCUT2D eigenvalue weighted by molar-refractivity contribution is 5.94. The van der Waals surface area contributed by atoms with Crippen LogP contribution in [0.3, 0.4) is 0 Å². The molecular formula is C19H25F6NO. The van der Waals surface area contributed by atoms with Crippen molar-refractivity contribution < 1.29 is 31.1 Å². The predicted molar refractivity (Wildman–Crippen MR) is 91.2 cm³/mol. The average molecular weight is 397 g/mol. The van der Waals surface area contributed by atoms with E-state index < -0.39 is 35.0 Å². The van der Waals surface area contributed by atoms with Crippen LogP contribution in [0.2, 0.25) is 0 Å². The maximum Gasteiger partial charge on any atom is 0.416 e. The third-order valence-corrected chi connectivity index (χ3v) is 4.25. The fourth-order valence-corrected chi connectivity index (χ4v) is 2.75. The van der Waals surface area contributed by atoms with Crippen LogP contribution in [0, 0.1) is 11.8 Å². The molecule has 0 aliphatic carbocycles. The Kier molecular flexibility index (Phi) is 8.17. The van der Waals surface area contributed by atoms with E-state index in [1.165, 1.54) is 0 Å². The van der Waals surface area contributed by atoms with E-state index in [4.69, 9.17) is 0 Å². The third-order valence-electron chi connectivity index (χ3n) is 4.25. The van der Waals surface area contributed by atoms with E-state index in [-0.39, 0.29) is 18.5 Å². The van der Waals surface area contributed by atoms with Crippen LogP contribution in [0.25, 0.3) is 0 Å². The van der Waals surface area contributed by atoms with Gasteiger partial charge in [-0.1, -0.05) is 33.6 Å². The first-order chi connectivity index (χ1) is 12.3. The van der Waals surface area contributed by atoms with Crippen LogP contribution >= 0.6 is 0 Å². The van der Waals surface area contributed by atoms with Crippen molar-refractivity contribution in [3.8, 4) is 0 Å². The molecule has 0 heterocycles.